The number of hydrogen-bond donors (Lipinski definition) is 0. The standard InChI is InChI=1S/C15H13FN2O4S/c1-10-3-2-4-13(18(19)20)15(10)23(21,22)17-8-7-11-5-6-12(16)9-14(11)17/h2-6,9H,7-8H2,1H3. The van der Waals surface area contributed by atoms with E-state index in [1.807, 2.05) is 0 Å². The van der Waals surface area contributed by atoms with Gasteiger partial charge in [-0.25, -0.2) is 12.8 Å². The molecule has 8 heteroatoms. The molecule has 0 N–H and O–H groups in total. The number of fused-ring (bicyclic) bond motifs is 1. The number of nitro groups is 1. The van der Waals surface area contributed by atoms with Crippen molar-refractivity contribution in [2.45, 2.75) is 18.2 Å². The molecule has 120 valence electrons. The van der Waals surface area contributed by atoms with Gasteiger partial charge in [0.05, 0.1) is 10.6 Å². The van der Waals surface area contributed by atoms with Gasteiger partial charge in [0.2, 0.25) is 0 Å². The molecular weight excluding hydrogens is 323 g/mol. The average molecular weight is 336 g/mol. The second-order valence-corrected chi connectivity index (χ2v) is 7.08. The first kappa shape index (κ1) is 15.4. The average Bonchev–Trinajstić information content (AvgIpc) is 2.90. The lowest BCUT2D eigenvalue weighted by Gasteiger charge is -2.20. The molecule has 6 nitrogen and oxygen atoms in total. The van der Waals surface area contributed by atoms with Gasteiger partial charge in [-0.15, -0.1) is 0 Å². The molecule has 1 aliphatic rings. The number of benzene rings is 2. The maximum Gasteiger partial charge on any atom is 0.290 e. The van der Waals surface area contributed by atoms with E-state index >= 15 is 0 Å². The van der Waals surface area contributed by atoms with Gasteiger partial charge in [-0.05, 0) is 36.6 Å². The third-order valence-electron chi connectivity index (χ3n) is 3.84. The summed E-state index contributed by atoms with van der Waals surface area (Å²) in [5, 5.41) is 11.2. The van der Waals surface area contributed by atoms with Gasteiger partial charge in [0.1, 0.15) is 5.82 Å². The van der Waals surface area contributed by atoms with Crippen molar-refractivity contribution in [1.82, 2.24) is 0 Å². The number of nitro benzene ring substituents is 1. The normalized spacial score (nSPS) is 13.9. The van der Waals surface area contributed by atoms with Gasteiger partial charge in [0.15, 0.2) is 4.90 Å². The highest BCUT2D eigenvalue weighted by Gasteiger charge is 2.36. The summed E-state index contributed by atoms with van der Waals surface area (Å²) in [4.78, 5) is 10.1. The summed E-state index contributed by atoms with van der Waals surface area (Å²) in [6.45, 7) is 1.63. The molecule has 0 atom stereocenters. The third-order valence-corrected chi connectivity index (χ3v) is 5.84. The molecule has 0 aromatic heterocycles. The monoisotopic (exact) mass is 336 g/mol. The predicted molar refractivity (Wildman–Crippen MR) is 82.5 cm³/mol. The molecule has 0 amide bonds. The summed E-state index contributed by atoms with van der Waals surface area (Å²) < 4.78 is 40.4. The van der Waals surface area contributed by atoms with Crippen LogP contribution in [0.1, 0.15) is 11.1 Å². The van der Waals surface area contributed by atoms with Gasteiger partial charge in [0, 0.05) is 12.6 Å². The summed E-state index contributed by atoms with van der Waals surface area (Å²) in [6, 6.07) is 8.04. The molecule has 3 rings (SSSR count). The van der Waals surface area contributed by atoms with E-state index in [2.05, 4.69) is 0 Å². The van der Waals surface area contributed by atoms with Crippen LogP contribution in [0.2, 0.25) is 0 Å². The minimum atomic E-state index is -4.15. The van der Waals surface area contributed by atoms with Crippen LogP contribution < -0.4 is 4.31 Å². The number of anilines is 1. The largest absolute Gasteiger partial charge is 0.290 e. The van der Waals surface area contributed by atoms with Crippen LogP contribution in [0, 0.1) is 22.9 Å². The Morgan fingerprint density at radius 3 is 2.70 bits per heavy atom. The van der Waals surface area contributed by atoms with Crippen LogP contribution in [0.25, 0.3) is 0 Å². The minimum Gasteiger partial charge on any atom is -0.265 e. The summed E-state index contributed by atoms with van der Waals surface area (Å²) >= 11 is 0. The van der Waals surface area contributed by atoms with E-state index in [1.54, 1.807) is 0 Å². The van der Waals surface area contributed by atoms with E-state index < -0.39 is 26.5 Å². The Kier molecular flexibility index (Phi) is 3.56. The Morgan fingerprint density at radius 1 is 1.26 bits per heavy atom. The third kappa shape index (κ3) is 2.44. The van der Waals surface area contributed by atoms with Crippen LogP contribution in [0.5, 0.6) is 0 Å². The maximum absolute atomic E-state index is 13.5. The quantitative estimate of drug-likeness (QED) is 0.637. The summed E-state index contributed by atoms with van der Waals surface area (Å²) in [7, 11) is -4.15. The van der Waals surface area contributed by atoms with E-state index in [4.69, 9.17) is 0 Å². The van der Waals surface area contributed by atoms with Crippen molar-refractivity contribution in [2.75, 3.05) is 10.8 Å². The van der Waals surface area contributed by atoms with Gasteiger partial charge in [0.25, 0.3) is 15.7 Å². The molecule has 0 bridgehead atoms. The molecule has 0 unspecified atom stereocenters. The predicted octanol–water partition coefficient (Wildman–Crippen LogP) is 2.79. The minimum absolute atomic E-state index is 0.132. The SMILES string of the molecule is Cc1cccc([N+](=O)[O-])c1S(=O)(=O)N1CCc2ccc(F)cc21. The van der Waals surface area contributed by atoms with Crippen molar-refractivity contribution in [1.29, 1.82) is 0 Å². The molecule has 0 saturated heterocycles. The number of sulfonamides is 1. The smallest absolute Gasteiger partial charge is 0.265 e. The molecule has 0 saturated carbocycles. The molecule has 2 aromatic rings. The number of hydrogen-bond acceptors (Lipinski definition) is 4. The van der Waals surface area contributed by atoms with Crippen molar-refractivity contribution in [3.63, 3.8) is 0 Å². The van der Waals surface area contributed by atoms with E-state index in [1.165, 1.54) is 31.2 Å². The molecule has 0 radical (unpaired) electrons. The summed E-state index contributed by atoms with van der Waals surface area (Å²) in [5.41, 5.74) is 0.743. The second-order valence-electron chi connectivity index (χ2n) is 5.28. The fourth-order valence-corrected chi connectivity index (χ4v) is 4.66. The first-order chi connectivity index (χ1) is 10.8. The van der Waals surface area contributed by atoms with Crippen LogP contribution in [0.15, 0.2) is 41.3 Å². The van der Waals surface area contributed by atoms with Crippen LogP contribution in [-0.2, 0) is 16.4 Å². The fourth-order valence-electron chi connectivity index (χ4n) is 2.80. The molecule has 0 aliphatic carbocycles. The fraction of sp³-hybridized carbons (Fsp3) is 0.200. The zero-order chi connectivity index (χ0) is 16.8. The Balaban J connectivity index is 2.20. The molecule has 0 spiro atoms. The number of aryl methyl sites for hydroxylation is 1. The zero-order valence-electron chi connectivity index (χ0n) is 12.2. The van der Waals surface area contributed by atoms with Crippen LogP contribution in [0.3, 0.4) is 0 Å². The zero-order valence-corrected chi connectivity index (χ0v) is 13.0. The highest BCUT2D eigenvalue weighted by molar-refractivity contribution is 7.93. The van der Waals surface area contributed by atoms with Gasteiger partial charge < -0.3 is 0 Å². The molecule has 1 aliphatic heterocycles. The summed E-state index contributed by atoms with van der Waals surface area (Å²) in [6.07, 6.45) is 0.439. The van der Waals surface area contributed by atoms with Crippen LogP contribution in [-0.4, -0.2) is 19.9 Å². The Bertz CT molecular complexity index is 912. The van der Waals surface area contributed by atoms with Crippen molar-refractivity contribution >= 4 is 21.4 Å². The topological polar surface area (TPSA) is 80.5 Å². The van der Waals surface area contributed by atoms with E-state index in [9.17, 15) is 22.9 Å². The Labute approximate surface area is 132 Å². The molecule has 1 heterocycles. The van der Waals surface area contributed by atoms with E-state index in [0.717, 1.165) is 16.4 Å². The van der Waals surface area contributed by atoms with Gasteiger partial charge >= 0.3 is 0 Å². The highest BCUT2D eigenvalue weighted by Crippen LogP contribution is 2.37. The van der Waals surface area contributed by atoms with Crippen molar-refractivity contribution in [3.05, 3.63) is 63.5 Å². The highest BCUT2D eigenvalue weighted by atomic mass is 32.2. The second kappa shape index (κ2) is 5.31. The number of rotatable bonds is 3. The van der Waals surface area contributed by atoms with E-state index in [-0.39, 0.29) is 22.7 Å². The molecule has 0 fully saturated rings. The molecule has 2 aromatic carbocycles. The van der Waals surface area contributed by atoms with Crippen molar-refractivity contribution in [2.24, 2.45) is 0 Å². The Morgan fingerprint density at radius 2 is 2.00 bits per heavy atom. The van der Waals surface area contributed by atoms with Crippen LogP contribution in [0.4, 0.5) is 15.8 Å². The molecular formula is C15H13FN2O4S. The first-order valence-corrected chi connectivity index (χ1v) is 8.31. The number of nitrogens with zero attached hydrogens (tertiary/aromatic N) is 2. The van der Waals surface area contributed by atoms with Gasteiger partial charge in [-0.1, -0.05) is 18.2 Å². The lowest BCUT2D eigenvalue weighted by molar-refractivity contribution is -0.387. The molecule has 23 heavy (non-hydrogen) atoms. The van der Waals surface area contributed by atoms with Crippen molar-refractivity contribution in [3.8, 4) is 0 Å². The van der Waals surface area contributed by atoms with Crippen molar-refractivity contribution < 1.29 is 17.7 Å². The van der Waals surface area contributed by atoms with Gasteiger partial charge in [-0.2, -0.15) is 0 Å². The lowest BCUT2D eigenvalue weighted by atomic mass is 10.2. The van der Waals surface area contributed by atoms with Gasteiger partial charge in [-0.3, -0.25) is 14.4 Å². The Hall–Kier alpha value is -2.48. The summed E-state index contributed by atoms with van der Waals surface area (Å²) in [5.74, 6) is -0.551. The number of halogens is 1. The lowest BCUT2D eigenvalue weighted by Crippen LogP contribution is -2.30. The maximum atomic E-state index is 13.5. The first-order valence-electron chi connectivity index (χ1n) is 6.87. The van der Waals surface area contributed by atoms with E-state index in [0.29, 0.717) is 12.0 Å². The van der Waals surface area contributed by atoms with Crippen LogP contribution >= 0.6 is 0 Å².